The van der Waals surface area contributed by atoms with E-state index in [1.807, 2.05) is 0 Å². The maximum atomic E-state index is 4.59. The molecule has 0 N–H and O–H groups in total. The topological polar surface area (TPSA) is 0 Å². The third-order valence-corrected chi connectivity index (χ3v) is 2.97. The van der Waals surface area contributed by atoms with E-state index in [-0.39, 0.29) is 10.8 Å². The molecule has 84 valence electrons. The van der Waals surface area contributed by atoms with Crippen LogP contribution in [0.4, 0.5) is 0 Å². The van der Waals surface area contributed by atoms with Crippen LogP contribution in [0.3, 0.4) is 0 Å². The lowest BCUT2D eigenvalue weighted by molar-refractivity contribution is 0.533. The van der Waals surface area contributed by atoms with Crippen LogP contribution in [0.5, 0.6) is 0 Å². The molecule has 0 aliphatic carbocycles. The van der Waals surface area contributed by atoms with Crippen LogP contribution in [-0.2, 0) is 10.8 Å². The highest BCUT2D eigenvalue weighted by molar-refractivity contribution is 7.27. The molecule has 0 fully saturated rings. The molecule has 0 radical (unpaired) electrons. The van der Waals surface area contributed by atoms with E-state index >= 15 is 0 Å². The number of rotatable bonds is 0. The maximum absolute atomic E-state index is 4.59. The molecule has 0 spiro atoms. The molecule has 0 saturated heterocycles. The van der Waals surface area contributed by atoms with Crippen molar-refractivity contribution in [2.45, 2.75) is 52.4 Å². The van der Waals surface area contributed by atoms with E-state index in [1.165, 1.54) is 11.1 Å². The molecule has 1 aromatic carbocycles. The fourth-order valence-electron chi connectivity index (χ4n) is 1.95. The molecular weight excluding hydrogens is 199 g/mol. The molecule has 0 aliphatic heterocycles. The summed E-state index contributed by atoms with van der Waals surface area (Å²) in [6.45, 7) is 13.5. The summed E-state index contributed by atoms with van der Waals surface area (Å²) in [5.41, 5.74) is 3.12. The summed E-state index contributed by atoms with van der Waals surface area (Å²) in [4.78, 5) is 0. The van der Waals surface area contributed by atoms with E-state index in [4.69, 9.17) is 0 Å². The van der Waals surface area contributed by atoms with Gasteiger partial charge in [-0.1, -0.05) is 59.2 Å². The van der Waals surface area contributed by atoms with Crippen molar-refractivity contribution in [3.8, 4) is 0 Å². The van der Waals surface area contributed by atoms with Crippen molar-refractivity contribution >= 4 is 14.5 Å². The van der Waals surface area contributed by atoms with Gasteiger partial charge >= 0.3 is 0 Å². The summed E-state index contributed by atoms with van der Waals surface area (Å²) < 4.78 is 0. The van der Waals surface area contributed by atoms with Crippen LogP contribution in [0.25, 0.3) is 0 Å². The van der Waals surface area contributed by atoms with Gasteiger partial charge in [0, 0.05) is 0 Å². The van der Waals surface area contributed by atoms with Gasteiger partial charge in [0.1, 0.15) is 0 Å². The predicted octanol–water partition coefficient (Wildman–Crippen LogP) is 4.32. The Labute approximate surface area is 96.7 Å². The van der Waals surface area contributed by atoms with E-state index < -0.39 is 0 Å². The van der Waals surface area contributed by atoms with Gasteiger partial charge in [-0.15, -0.1) is 6.07 Å². The minimum atomic E-state index is 0.154. The van der Waals surface area contributed by atoms with E-state index in [2.05, 4.69) is 69.0 Å². The van der Waals surface area contributed by atoms with Gasteiger partial charge in [-0.25, -0.2) is 0 Å². The zero-order valence-corrected chi connectivity index (χ0v) is 11.6. The van der Waals surface area contributed by atoms with Crippen molar-refractivity contribution in [1.82, 2.24) is 0 Å². The highest BCUT2D eigenvalue weighted by Gasteiger charge is 2.22. The van der Waals surface area contributed by atoms with Gasteiger partial charge < -0.3 is 14.5 Å². The van der Waals surface area contributed by atoms with Gasteiger partial charge in [0.2, 0.25) is 0 Å². The van der Waals surface area contributed by atoms with Crippen molar-refractivity contribution < 1.29 is 0 Å². The second kappa shape index (κ2) is 3.91. The van der Waals surface area contributed by atoms with Crippen molar-refractivity contribution in [2.24, 2.45) is 0 Å². The molecule has 0 atom stereocenters. The lowest BCUT2D eigenvalue weighted by Gasteiger charge is -2.46. The Morgan fingerprint density at radius 1 is 0.867 bits per heavy atom. The third-order valence-electron chi connectivity index (χ3n) is 2.60. The van der Waals surface area contributed by atoms with Crippen LogP contribution in [-0.4, -0.2) is 0 Å². The Bertz CT molecular complexity index is 351. The first-order chi connectivity index (χ1) is 6.64. The van der Waals surface area contributed by atoms with Crippen LogP contribution in [0, 0.1) is 0 Å². The van der Waals surface area contributed by atoms with Gasteiger partial charge in [-0.05, 0) is 16.4 Å². The van der Waals surface area contributed by atoms with Crippen LogP contribution in [0.2, 0.25) is 0 Å². The first-order valence-electron chi connectivity index (χ1n) is 5.47. The van der Waals surface area contributed by atoms with Crippen molar-refractivity contribution in [3.05, 3.63) is 29.3 Å². The second-order valence-corrected chi connectivity index (χ2v) is 6.68. The van der Waals surface area contributed by atoms with Gasteiger partial charge in [-0.3, -0.25) is 0 Å². The van der Waals surface area contributed by atoms with Crippen LogP contribution in [0.1, 0.15) is 52.7 Å². The standard InChI is InChI=1S/C14H21P/c1-13(2,3)10-8-7-9-11(15)12(10)14(4,5)6/h7-9H,1-6H3/q-2. The van der Waals surface area contributed by atoms with Crippen LogP contribution < -0.4 is 5.30 Å². The Hall–Kier alpha value is -0.350. The van der Waals surface area contributed by atoms with Crippen molar-refractivity contribution in [3.63, 3.8) is 0 Å². The second-order valence-electron chi connectivity index (χ2n) is 6.20. The van der Waals surface area contributed by atoms with Crippen molar-refractivity contribution in [1.29, 1.82) is 0 Å². The molecule has 0 amide bonds. The minimum absolute atomic E-state index is 0.154. The highest BCUT2D eigenvalue weighted by atomic mass is 31.0. The van der Waals surface area contributed by atoms with E-state index in [0.717, 1.165) is 5.30 Å². The third kappa shape index (κ3) is 2.82. The molecule has 0 aliphatic rings. The lowest BCUT2D eigenvalue weighted by Crippen LogP contribution is -2.27. The molecule has 1 aromatic rings. The van der Waals surface area contributed by atoms with E-state index in [9.17, 15) is 0 Å². The quantitative estimate of drug-likeness (QED) is 0.571. The summed E-state index contributed by atoms with van der Waals surface area (Å²) >= 11 is 0. The van der Waals surface area contributed by atoms with Crippen molar-refractivity contribution in [2.75, 3.05) is 0 Å². The van der Waals surface area contributed by atoms with Gasteiger partial charge in [0.15, 0.2) is 0 Å². The Morgan fingerprint density at radius 3 is 1.73 bits per heavy atom. The Morgan fingerprint density at radius 2 is 1.40 bits per heavy atom. The zero-order chi connectivity index (χ0) is 11.9. The molecule has 15 heavy (non-hydrogen) atoms. The molecule has 0 unspecified atom stereocenters. The van der Waals surface area contributed by atoms with E-state index in [1.54, 1.807) is 0 Å². The average Bonchev–Trinajstić information content (AvgIpc) is 1.99. The van der Waals surface area contributed by atoms with Gasteiger partial charge in [0.25, 0.3) is 0 Å². The summed E-state index contributed by atoms with van der Waals surface area (Å²) in [7, 11) is 4.59. The fraction of sp³-hybridized carbons (Fsp3) is 0.571. The fourth-order valence-corrected chi connectivity index (χ4v) is 2.50. The summed E-state index contributed by atoms with van der Waals surface area (Å²) in [5.74, 6) is 0. The summed E-state index contributed by atoms with van der Waals surface area (Å²) in [5, 5.41) is 1.11. The first-order valence-corrected chi connectivity index (χ1v) is 5.91. The Kier molecular flexibility index (Phi) is 3.31. The van der Waals surface area contributed by atoms with E-state index in [0.29, 0.717) is 0 Å². The zero-order valence-electron chi connectivity index (χ0n) is 10.7. The molecule has 0 aromatic heterocycles. The molecular formula is C14H21P-2. The normalized spacial score (nSPS) is 13.0. The van der Waals surface area contributed by atoms with Crippen LogP contribution in [0.15, 0.2) is 18.2 Å². The maximum Gasteiger partial charge on any atom is -0.0130 e. The molecule has 0 saturated carbocycles. The largest absolute Gasteiger partial charge is 1.45 e. The first kappa shape index (κ1) is 12.7. The minimum Gasteiger partial charge on any atom is -1.45 e. The van der Waals surface area contributed by atoms with Gasteiger partial charge in [-0.2, -0.15) is 0 Å². The SMILES string of the molecule is CC(C)(C)c1cccc([P-2])c1C(C)(C)C. The number of hydrogen-bond donors (Lipinski definition) is 0. The monoisotopic (exact) mass is 220 g/mol. The van der Waals surface area contributed by atoms with Gasteiger partial charge in [0.05, 0.1) is 0 Å². The molecule has 1 heteroatoms. The molecule has 0 bridgehead atoms. The summed E-state index contributed by atoms with van der Waals surface area (Å²) in [6.07, 6.45) is 0. The Balaban J connectivity index is 3.48. The molecule has 0 nitrogen and oxygen atoms in total. The molecule has 1 rings (SSSR count). The lowest BCUT2D eigenvalue weighted by atomic mass is 9.75. The number of benzene rings is 1. The number of hydrogen-bond acceptors (Lipinski definition) is 0. The predicted molar refractivity (Wildman–Crippen MR) is 70.4 cm³/mol. The van der Waals surface area contributed by atoms with Crippen LogP contribution >= 0.6 is 9.24 Å². The smallest absolute Gasteiger partial charge is 0.0130 e. The highest BCUT2D eigenvalue weighted by Crippen LogP contribution is 2.33. The molecule has 0 heterocycles. The summed E-state index contributed by atoms with van der Waals surface area (Å²) in [6, 6.07) is 6.40. The average molecular weight is 220 g/mol.